The Labute approximate surface area is 127 Å². The summed E-state index contributed by atoms with van der Waals surface area (Å²) in [5.41, 5.74) is 0.528. The number of aliphatic hydroxyl groups is 4. The van der Waals surface area contributed by atoms with Crippen LogP contribution in [0, 0.1) is 10.1 Å². The van der Waals surface area contributed by atoms with E-state index in [1.54, 1.807) is 11.0 Å². The number of rotatable bonds is 10. The van der Waals surface area contributed by atoms with E-state index in [-0.39, 0.29) is 44.2 Å². The molecule has 1 rings (SSSR count). The molecule has 124 valence electrons. The van der Waals surface area contributed by atoms with E-state index in [9.17, 15) is 15.2 Å². The predicted molar refractivity (Wildman–Crippen MR) is 81.1 cm³/mol. The molecule has 1 aromatic rings. The molecule has 5 N–H and O–H groups in total. The first-order valence-corrected chi connectivity index (χ1v) is 6.81. The minimum atomic E-state index is -1.01. The Morgan fingerprint density at radius 3 is 2.36 bits per heavy atom. The summed E-state index contributed by atoms with van der Waals surface area (Å²) in [6.07, 6.45) is -1.01. The van der Waals surface area contributed by atoms with Crippen LogP contribution in [0.1, 0.15) is 0 Å². The van der Waals surface area contributed by atoms with Gasteiger partial charge < -0.3 is 30.6 Å². The highest BCUT2D eigenvalue weighted by molar-refractivity contribution is 5.68. The van der Waals surface area contributed by atoms with Gasteiger partial charge in [0.05, 0.1) is 30.8 Å². The number of aliphatic hydroxyl groups excluding tert-OH is 4. The average Bonchev–Trinajstić information content (AvgIpc) is 2.52. The Hall–Kier alpha value is -1.94. The van der Waals surface area contributed by atoms with E-state index in [4.69, 9.17) is 15.3 Å². The average molecular weight is 315 g/mol. The van der Waals surface area contributed by atoms with E-state index < -0.39 is 17.6 Å². The minimum absolute atomic E-state index is 0.0202. The zero-order chi connectivity index (χ0) is 16.5. The van der Waals surface area contributed by atoms with Crippen molar-refractivity contribution in [3.63, 3.8) is 0 Å². The maximum Gasteiger partial charge on any atom is 0.294 e. The molecule has 0 fully saturated rings. The highest BCUT2D eigenvalue weighted by Crippen LogP contribution is 2.29. The summed E-state index contributed by atoms with van der Waals surface area (Å²) < 4.78 is 0. The summed E-state index contributed by atoms with van der Waals surface area (Å²) in [6, 6.07) is 4.43. The third-order valence-electron chi connectivity index (χ3n) is 3.02. The van der Waals surface area contributed by atoms with Gasteiger partial charge in [0, 0.05) is 31.4 Å². The summed E-state index contributed by atoms with van der Waals surface area (Å²) in [6.45, 7) is -0.262. The van der Waals surface area contributed by atoms with Crippen molar-refractivity contribution < 1.29 is 25.3 Å². The summed E-state index contributed by atoms with van der Waals surface area (Å²) in [4.78, 5) is 12.2. The predicted octanol–water partition coefficient (Wildman–Crippen LogP) is -0.849. The maximum absolute atomic E-state index is 11.2. The van der Waals surface area contributed by atoms with Crippen LogP contribution < -0.4 is 10.2 Å². The first-order chi connectivity index (χ1) is 10.5. The summed E-state index contributed by atoms with van der Waals surface area (Å²) in [5, 5.41) is 49.9. The Morgan fingerprint density at radius 1 is 1.23 bits per heavy atom. The molecule has 0 saturated heterocycles. The smallest absolute Gasteiger partial charge is 0.294 e. The number of hydrogen-bond acceptors (Lipinski definition) is 8. The van der Waals surface area contributed by atoms with E-state index in [1.807, 2.05) is 0 Å². The zero-order valence-corrected chi connectivity index (χ0v) is 12.1. The summed E-state index contributed by atoms with van der Waals surface area (Å²) in [5.74, 6) is 0. The van der Waals surface area contributed by atoms with Crippen molar-refractivity contribution in [1.82, 2.24) is 0 Å². The van der Waals surface area contributed by atoms with Crippen LogP contribution in [-0.4, -0.2) is 70.9 Å². The second kappa shape index (κ2) is 9.15. The Balaban J connectivity index is 2.99. The van der Waals surface area contributed by atoms with Crippen LogP contribution in [0.2, 0.25) is 0 Å². The molecule has 1 aromatic carbocycles. The van der Waals surface area contributed by atoms with Crippen molar-refractivity contribution in [1.29, 1.82) is 0 Å². The normalized spacial score (nSPS) is 12.0. The molecule has 0 aliphatic heterocycles. The molecule has 0 heterocycles. The van der Waals surface area contributed by atoms with Crippen LogP contribution in [0.5, 0.6) is 0 Å². The monoisotopic (exact) mass is 315 g/mol. The van der Waals surface area contributed by atoms with Gasteiger partial charge in [-0.1, -0.05) is 0 Å². The van der Waals surface area contributed by atoms with Crippen molar-refractivity contribution in [3.8, 4) is 0 Å². The highest BCUT2D eigenvalue weighted by Gasteiger charge is 2.17. The molecule has 0 bridgehead atoms. The first-order valence-electron chi connectivity index (χ1n) is 6.81. The molecular formula is C13H21N3O6. The number of nitrogens with zero attached hydrogens (tertiary/aromatic N) is 2. The molecule has 0 saturated carbocycles. The zero-order valence-electron chi connectivity index (χ0n) is 12.1. The summed E-state index contributed by atoms with van der Waals surface area (Å²) in [7, 11) is 0. The lowest BCUT2D eigenvalue weighted by molar-refractivity contribution is -0.383. The van der Waals surface area contributed by atoms with Gasteiger partial charge in [-0.05, 0) is 12.1 Å². The maximum atomic E-state index is 11.2. The largest absolute Gasteiger partial charge is 0.395 e. The van der Waals surface area contributed by atoms with Crippen molar-refractivity contribution in [3.05, 3.63) is 28.3 Å². The third-order valence-corrected chi connectivity index (χ3v) is 3.02. The van der Waals surface area contributed by atoms with Crippen LogP contribution in [0.25, 0.3) is 0 Å². The van der Waals surface area contributed by atoms with Gasteiger partial charge in [-0.2, -0.15) is 0 Å². The van der Waals surface area contributed by atoms with Crippen LogP contribution in [-0.2, 0) is 0 Å². The number of benzene rings is 1. The molecule has 22 heavy (non-hydrogen) atoms. The lowest BCUT2D eigenvalue weighted by atomic mass is 10.2. The van der Waals surface area contributed by atoms with E-state index in [0.29, 0.717) is 5.69 Å². The lowest BCUT2D eigenvalue weighted by Gasteiger charge is -2.23. The van der Waals surface area contributed by atoms with Crippen LogP contribution in [0.15, 0.2) is 18.2 Å². The third kappa shape index (κ3) is 5.11. The number of nitro benzene ring substituents is 1. The highest BCUT2D eigenvalue weighted by atomic mass is 16.6. The van der Waals surface area contributed by atoms with Crippen molar-refractivity contribution >= 4 is 17.1 Å². The Morgan fingerprint density at radius 2 is 1.86 bits per heavy atom. The van der Waals surface area contributed by atoms with Crippen LogP contribution in [0.3, 0.4) is 0 Å². The van der Waals surface area contributed by atoms with Crippen molar-refractivity contribution in [2.45, 2.75) is 6.10 Å². The quantitative estimate of drug-likeness (QED) is 0.278. The molecular weight excluding hydrogens is 294 g/mol. The van der Waals surface area contributed by atoms with Gasteiger partial charge in [-0.15, -0.1) is 0 Å². The van der Waals surface area contributed by atoms with E-state index >= 15 is 0 Å². The molecule has 0 spiro atoms. The SMILES string of the molecule is O=[N+]([O-])c1cc(N(CCO)CCO)ccc1NCC(O)CO. The minimum Gasteiger partial charge on any atom is -0.395 e. The van der Waals surface area contributed by atoms with E-state index in [1.165, 1.54) is 12.1 Å². The van der Waals surface area contributed by atoms with E-state index in [2.05, 4.69) is 5.32 Å². The van der Waals surface area contributed by atoms with Gasteiger partial charge in [-0.3, -0.25) is 10.1 Å². The van der Waals surface area contributed by atoms with Crippen LogP contribution in [0.4, 0.5) is 17.1 Å². The van der Waals surface area contributed by atoms with Gasteiger partial charge in [0.25, 0.3) is 5.69 Å². The number of anilines is 2. The number of hydrogen-bond donors (Lipinski definition) is 5. The van der Waals surface area contributed by atoms with Gasteiger partial charge in [0.1, 0.15) is 5.69 Å². The Bertz CT molecular complexity index is 479. The molecule has 1 atom stereocenters. The molecule has 0 amide bonds. The molecule has 1 unspecified atom stereocenters. The fourth-order valence-electron chi connectivity index (χ4n) is 1.92. The fourth-order valence-corrected chi connectivity index (χ4v) is 1.92. The lowest BCUT2D eigenvalue weighted by Crippen LogP contribution is -2.29. The summed E-state index contributed by atoms with van der Waals surface area (Å²) >= 11 is 0. The van der Waals surface area contributed by atoms with Crippen molar-refractivity contribution in [2.75, 3.05) is 49.7 Å². The molecule has 0 aliphatic rings. The van der Waals surface area contributed by atoms with Crippen molar-refractivity contribution in [2.24, 2.45) is 0 Å². The van der Waals surface area contributed by atoms with Crippen LogP contribution >= 0.6 is 0 Å². The second-order valence-corrected chi connectivity index (χ2v) is 4.61. The molecule has 9 nitrogen and oxygen atoms in total. The standard InChI is InChI=1S/C13H21N3O6/c17-5-3-15(4-6-18)10-1-2-12(13(7-10)16(21)22)14-8-11(20)9-19/h1-2,7,11,14,17-20H,3-6,8-9H2. The van der Waals surface area contributed by atoms with Gasteiger partial charge >= 0.3 is 0 Å². The second-order valence-electron chi connectivity index (χ2n) is 4.61. The fraction of sp³-hybridized carbons (Fsp3) is 0.538. The first kappa shape index (κ1) is 18.1. The molecule has 9 heteroatoms. The van der Waals surface area contributed by atoms with Gasteiger partial charge in [0.2, 0.25) is 0 Å². The number of nitrogens with one attached hydrogen (secondary N) is 1. The molecule has 0 radical (unpaired) electrons. The Kier molecular flexibility index (Phi) is 7.54. The van der Waals surface area contributed by atoms with Gasteiger partial charge in [0.15, 0.2) is 0 Å². The van der Waals surface area contributed by atoms with E-state index in [0.717, 1.165) is 0 Å². The molecule has 0 aliphatic carbocycles. The topological polar surface area (TPSA) is 139 Å². The molecule has 0 aromatic heterocycles. The number of nitro groups is 1. The van der Waals surface area contributed by atoms with Gasteiger partial charge in [-0.25, -0.2) is 0 Å².